The third kappa shape index (κ3) is 7.26. The number of anilines is 2. The molecule has 4 nitrogen and oxygen atoms in total. The van der Waals surface area contributed by atoms with Crippen LogP contribution in [0.5, 0.6) is 0 Å². The topological polar surface area (TPSA) is 14.2 Å². The summed E-state index contributed by atoms with van der Waals surface area (Å²) in [6, 6.07) is 38.8. The van der Waals surface area contributed by atoms with Crippen molar-refractivity contribution >= 4 is 92.1 Å². The zero-order chi connectivity index (χ0) is 37.2. The number of halogens is 2. The molecule has 0 aliphatic carbocycles. The summed E-state index contributed by atoms with van der Waals surface area (Å²) in [5, 5.41) is 6.06. The Kier molecular flexibility index (Phi) is 11.3. The molecule has 8 heteroatoms. The first-order valence-electron chi connectivity index (χ1n) is 19.1. The molecule has 4 heterocycles. The van der Waals surface area contributed by atoms with Crippen molar-refractivity contribution in [3.8, 4) is 0 Å². The van der Waals surface area contributed by atoms with E-state index in [1.807, 2.05) is 0 Å². The van der Waals surface area contributed by atoms with Crippen LogP contribution in [0, 0.1) is 0 Å². The van der Waals surface area contributed by atoms with E-state index in [-0.39, 0.29) is 6.17 Å². The van der Waals surface area contributed by atoms with E-state index >= 15 is 0 Å². The molecule has 2 aliphatic rings. The van der Waals surface area contributed by atoms with Crippen LogP contribution in [0.1, 0.15) is 75.6 Å². The maximum absolute atomic E-state index is 7.51. The van der Waals surface area contributed by atoms with Crippen molar-refractivity contribution in [1.82, 2.24) is 0 Å². The maximum Gasteiger partial charge on any atom is 0.355 e. The normalized spacial score (nSPS) is 15.4. The lowest BCUT2D eigenvalue weighted by molar-refractivity contribution is -0.921. The molecule has 0 saturated heterocycles. The Hall–Kier alpha value is -3.94. The average molecular weight is 790 g/mol. The van der Waals surface area contributed by atoms with E-state index < -0.39 is 0 Å². The summed E-state index contributed by atoms with van der Waals surface area (Å²) >= 11 is 18.6. The molecule has 0 spiro atoms. The number of nitrogens with zero attached hydrogens (tertiary/aromatic N) is 4. The quantitative estimate of drug-likeness (QED) is 0.0696. The highest BCUT2D eigenvalue weighted by Gasteiger charge is 2.38. The molecule has 0 N–H and O–H groups in total. The first-order chi connectivity index (χ1) is 26.4. The fraction of sp³-hybridized carbons (Fsp3) is 0.261. The predicted molar refractivity (Wildman–Crippen MR) is 233 cm³/mol. The first kappa shape index (κ1) is 37.0. The van der Waals surface area contributed by atoms with Crippen molar-refractivity contribution in [2.75, 3.05) is 23.9 Å². The zero-order valence-corrected chi connectivity index (χ0v) is 34.3. The van der Waals surface area contributed by atoms with Crippen molar-refractivity contribution in [3.05, 3.63) is 141 Å². The fourth-order valence-corrected chi connectivity index (χ4v) is 10.7. The molecule has 0 saturated carbocycles. The molecular formula is C46H46Cl2N4S2+2. The van der Waals surface area contributed by atoms with Crippen molar-refractivity contribution in [1.29, 1.82) is 0 Å². The van der Waals surface area contributed by atoms with Crippen molar-refractivity contribution in [2.24, 2.45) is 0 Å². The SMILES string of the molecule is CCCCCCCCCC([n+]1c(Cl)cc(/C=C2/Sc3ccccc3N2C)c2ccccc21)[n+]1c(Cl)cc(/C=C2/Sc3ccccc3N2C)c2ccccc21. The average Bonchev–Trinajstić information content (AvgIpc) is 3.68. The molecule has 2 aromatic heterocycles. The number of para-hydroxylation sites is 4. The molecule has 6 aromatic rings. The lowest BCUT2D eigenvalue weighted by atomic mass is 10.0. The van der Waals surface area contributed by atoms with Gasteiger partial charge in [0.05, 0.1) is 38.6 Å². The van der Waals surface area contributed by atoms with Gasteiger partial charge in [-0.05, 0) is 89.3 Å². The van der Waals surface area contributed by atoms with E-state index in [0.29, 0.717) is 10.3 Å². The van der Waals surface area contributed by atoms with Gasteiger partial charge in [0.2, 0.25) is 11.0 Å². The van der Waals surface area contributed by atoms with Crippen LogP contribution in [-0.2, 0) is 0 Å². The van der Waals surface area contributed by atoms with E-state index in [2.05, 4.69) is 161 Å². The molecule has 0 unspecified atom stereocenters. The molecule has 8 rings (SSSR count). The largest absolute Gasteiger partial charge is 0.355 e. The molecule has 0 fully saturated rings. The Balaban J connectivity index is 1.23. The summed E-state index contributed by atoms with van der Waals surface area (Å²) in [4.78, 5) is 7.07. The van der Waals surface area contributed by atoms with Crippen LogP contribution in [0.2, 0.25) is 10.3 Å². The molecule has 0 bridgehead atoms. The van der Waals surface area contributed by atoms with Gasteiger partial charge >= 0.3 is 6.17 Å². The van der Waals surface area contributed by atoms with E-state index in [9.17, 15) is 0 Å². The lowest BCUT2D eigenvalue weighted by Gasteiger charge is -2.17. The minimum absolute atomic E-state index is 0.139. The van der Waals surface area contributed by atoms with Crippen molar-refractivity contribution in [2.45, 2.75) is 74.2 Å². The van der Waals surface area contributed by atoms with Crippen LogP contribution >= 0.6 is 46.7 Å². The van der Waals surface area contributed by atoms with Crippen LogP contribution in [0.25, 0.3) is 34.0 Å². The van der Waals surface area contributed by atoms with Gasteiger partial charge in [-0.15, -0.1) is 9.13 Å². The lowest BCUT2D eigenvalue weighted by Crippen LogP contribution is -2.59. The van der Waals surface area contributed by atoms with Gasteiger partial charge in [0.25, 0.3) is 10.3 Å². The molecule has 54 heavy (non-hydrogen) atoms. The van der Waals surface area contributed by atoms with E-state index in [0.717, 1.165) is 45.8 Å². The molecule has 0 amide bonds. The Bertz CT molecular complexity index is 2250. The van der Waals surface area contributed by atoms with Gasteiger partial charge in [-0.25, -0.2) is 0 Å². The van der Waals surface area contributed by atoms with Gasteiger partial charge in [-0.2, -0.15) is 0 Å². The molecule has 0 radical (unpaired) electrons. The van der Waals surface area contributed by atoms with E-state index in [1.165, 1.54) is 69.7 Å². The minimum atomic E-state index is -0.139. The summed E-state index contributed by atoms with van der Waals surface area (Å²) in [6.45, 7) is 2.28. The van der Waals surface area contributed by atoms with Crippen LogP contribution in [0.15, 0.2) is 129 Å². The smallest absolute Gasteiger partial charge is 0.338 e. The predicted octanol–water partition coefficient (Wildman–Crippen LogP) is 13.1. The summed E-state index contributed by atoms with van der Waals surface area (Å²) < 4.78 is 4.65. The van der Waals surface area contributed by atoms with Crippen LogP contribution in [-0.4, -0.2) is 14.1 Å². The third-order valence-electron chi connectivity index (χ3n) is 10.7. The summed E-state index contributed by atoms with van der Waals surface area (Å²) in [6.07, 6.45) is 14.0. The number of rotatable bonds is 12. The maximum atomic E-state index is 7.51. The molecule has 0 atom stereocenters. The fourth-order valence-electron chi connectivity index (χ4n) is 7.90. The monoisotopic (exact) mass is 788 g/mol. The second-order valence-electron chi connectivity index (χ2n) is 14.2. The second kappa shape index (κ2) is 16.4. The third-order valence-corrected chi connectivity index (χ3v) is 13.6. The molecular weight excluding hydrogens is 744 g/mol. The summed E-state index contributed by atoms with van der Waals surface area (Å²) in [5.74, 6) is 0. The number of unbranched alkanes of at least 4 members (excludes halogenated alkanes) is 6. The van der Waals surface area contributed by atoms with Crippen molar-refractivity contribution < 1.29 is 9.13 Å². The van der Waals surface area contributed by atoms with Gasteiger partial charge in [-0.3, -0.25) is 0 Å². The number of hydrogen-bond donors (Lipinski definition) is 0. The molecule has 4 aromatic carbocycles. The van der Waals surface area contributed by atoms with Crippen LogP contribution < -0.4 is 18.9 Å². The highest BCUT2D eigenvalue weighted by atomic mass is 35.5. The second-order valence-corrected chi connectivity index (χ2v) is 17.1. The molecule has 274 valence electrons. The standard InChI is InChI=1S/C46H46Cl2N4S2/c1-4-5-6-7-8-9-10-27-44(51-36-21-13-11-19-34(36)32(28-42(51)47)30-45-49(2)38-23-15-17-25-40(38)53-45)52-37-22-14-12-20-35(37)33(29-43(52)48)31-46-50(3)39-24-16-18-26-41(39)54-46/h11-26,28-31,44H,4-10,27H2,1-3H3/q+2. The Morgan fingerprint density at radius 2 is 1.00 bits per heavy atom. The van der Waals surface area contributed by atoms with Gasteiger partial charge in [0, 0.05) is 48.2 Å². The van der Waals surface area contributed by atoms with E-state index in [1.54, 1.807) is 23.5 Å². The van der Waals surface area contributed by atoms with E-state index in [4.69, 9.17) is 23.2 Å². The highest BCUT2D eigenvalue weighted by molar-refractivity contribution is 8.04. The molecule has 2 aliphatic heterocycles. The van der Waals surface area contributed by atoms with Crippen molar-refractivity contribution in [3.63, 3.8) is 0 Å². The van der Waals surface area contributed by atoms with Gasteiger partial charge in [0.15, 0.2) is 0 Å². The number of fused-ring (bicyclic) bond motifs is 4. The van der Waals surface area contributed by atoms with Crippen LogP contribution in [0.3, 0.4) is 0 Å². The summed E-state index contributed by atoms with van der Waals surface area (Å²) in [5.41, 5.74) is 6.84. The Morgan fingerprint density at radius 1 is 0.574 bits per heavy atom. The number of aromatic nitrogens is 2. The number of pyridine rings is 2. The van der Waals surface area contributed by atoms with Gasteiger partial charge < -0.3 is 9.80 Å². The number of hydrogen-bond acceptors (Lipinski definition) is 4. The summed E-state index contributed by atoms with van der Waals surface area (Å²) in [7, 11) is 4.28. The number of benzene rings is 4. The van der Waals surface area contributed by atoms with Gasteiger partial charge in [0.1, 0.15) is 0 Å². The Labute approximate surface area is 338 Å². The van der Waals surface area contributed by atoms with Gasteiger partial charge in [-0.1, -0.05) is 118 Å². The Morgan fingerprint density at radius 3 is 1.48 bits per heavy atom. The van der Waals surface area contributed by atoms with Crippen LogP contribution in [0.4, 0.5) is 11.4 Å². The zero-order valence-electron chi connectivity index (χ0n) is 31.1. The highest BCUT2D eigenvalue weighted by Crippen LogP contribution is 2.47. The minimum Gasteiger partial charge on any atom is -0.338 e. The first-order valence-corrected chi connectivity index (χ1v) is 21.5. The number of thioether (sulfide) groups is 2.